The van der Waals surface area contributed by atoms with E-state index in [4.69, 9.17) is 4.74 Å². The van der Waals surface area contributed by atoms with Crippen LogP contribution in [0.4, 0.5) is 0 Å². The van der Waals surface area contributed by atoms with Crippen molar-refractivity contribution in [2.24, 2.45) is 5.92 Å². The van der Waals surface area contributed by atoms with Gasteiger partial charge in [-0.2, -0.15) is 0 Å². The van der Waals surface area contributed by atoms with Crippen LogP contribution in [0.25, 0.3) is 10.6 Å². The lowest BCUT2D eigenvalue weighted by molar-refractivity contribution is 0.408. The minimum absolute atomic E-state index is 0.754. The van der Waals surface area contributed by atoms with E-state index in [9.17, 15) is 0 Å². The van der Waals surface area contributed by atoms with E-state index in [-0.39, 0.29) is 0 Å². The third-order valence-corrected chi connectivity index (χ3v) is 4.58. The fourth-order valence-corrected chi connectivity index (χ4v) is 3.40. The van der Waals surface area contributed by atoms with Gasteiger partial charge in [-0.05, 0) is 49.4 Å². The maximum Gasteiger partial charge on any atom is 0.147 e. The van der Waals surface area contributed by atoms with E-state index >= 15 is 0 Å². The second-order valence-corrected chi connectivity index (χ2v) is 6.99. The molecule has 0 fully saturated rings. The normalized spacial score (nSPS) is 11.1. The van der Waals surface area contributed by atoms with Gasteiger partial charge in [0.2, 0.25) is 0 Å². The Morgan fingerprint density at radius 1 is 1.14 bits per heavy atom. The Kier molecular flexibility index (Phi) is 5.34. The highest BCUT2D eigenvalue weighted by Crippen LogP contribution is 2.31. The standard InChI is InChI=1S/C17H24N2OS/c1-11(2)7-6-8-15-18-19-17(21-15)14-9-12(3)16(20-5)13(4)10-14/h9-11H,6-8H2,1-5H3. The van der Waals surface area contributed by atoms with E-state index in [1.807, 2.05) is 0 Å². The second kappa shape index (κ2) is 7.03. The van der Waals surface area contributed by atoms with Gasteiger partial charge < -0.3 is 4.74 Å². The summed E-state index contributed by atoms with van der Waals surface area (Å²) in [5.41, 5.74) is 3.42. The summed E-state index contributed by atoms with van der Waals surface area (Å²) in [6.45, 7) is 8.66. The van der Waals surface area contributed by atoms with Gasteiger partial charge in [-0.1, -0.05) is 31.6 Å². The molecular formula is C17H24N2OS. The van der Waals surface area contributed by atoms with Gasteiger partial charge in [-0.25, -0.2) is 0 Å². The summed E-state index contributed by atoms with van der Waals surface area (Å²) in [5, 5.41) is 10.8. The van der Waals surface area contributed by atoms with Crippen LogP contribution in [0, 0.1) is 19.8 Å². The molecule has 21 heavy (non-hydrogen) atoms. The van der Waals surface area contributed by atoms with Crippen molar-refractivity contribution in [2.75, 3.05) is 7.11 Å². The topological polar surface area (TPSA) is 35.0 Å². The van der Waals surface area contributed by atoms with Crippen LogP contribution in [-0.2, 0) is 6.42 Å². The molecule has 1 aromatic carbocycles. The molecule has 0 unspecified atom stereocenters. The third-order valence-electron chi connectivity index (χ3n) is 3.55. The van der Waals surface area contributed by atoms with Crippen LogP contribution in [0.3, 0.4) is 0 Å². The van der Waals surface area contributed by atoms with Crippen LogP contribution in [-0.4, -0.2) is 17.3 Å². The lowest BCUT2D eigenvalue weighted by Crippen LogP contribution is -1.92. The summed E-state index contributed by atoms with van der Waals surface area (Å²) >= 11 is 1.71. The highest BCUT2D eigenvalue weighted by Gasteiger charge is 2.11. The van der Waals surface area contributed by atoms with Crippen LogP contribution >= 0.6 is 11.3 Å². The summed E-state index contributed by atoms with van der Waals surface area (Å²) in [4.78, 5) is 0. The predicted octanol–water partition coefficient (Wildman–Crippen LogP) is 4.81. The molecule has 0 aliphatic carbocycles. The number of benzene rings is 1. The van der Waals surface area contributed by atoms with Crippen LogP contribution in [0.2, 0.25) is 0 Å². The first-order valence-corrected chi connectivity index (χ1v) is 8.31. The molecule has 3 nitrogen and oxygen atoms in total. The van der Waals surface area contributed by atoms with E-state index in [2.05, 4.69) is 50.0 Å². The molecule has 0 amide bonds. The summed E-state index contributed by atoms with van der Waals surface area (Å²) in [7, 11) is 1.72. The monoisotopic (exact) mass is 304 g/mol. The molecule has 0 spiro atoms. The Morgan fingerprint density at radius 3 is 2.38 bits per heavy atom. The predicted molar refractivity (Wildman–Crippen MR) is 89.1 cm³/mol. The molecular weight excluding hydrogens is 280 g/mol. The number of aryl methyl sites for hydroxylation is 3. The fraction of sp³-hybridized carbons (Fsp3) is 0.529. The maximum atomic E-state index is 5.41. The fourth-order valence-electron chi connectivity index (χ4n) is 2.53. The van der Waals surface area contributed by atoms with Crippen molar-refractivity contribution in [3.8, 4) is 16.3 Å². The van der Waals surface area contributed by atoms with Crippen LogP contribution in [0.5, 0.6) is 5.75 Å². The molecule has 114 valence electrons. The maximum absolute atomic E-state index is 5.41. The molecule has 2 rings (SSSR count). The van der Waals surface area contributed by atoms with Gasteiger partial charge in [0.1, 0.15) is 15.8 Å². The number of aromatic nitrogens is 2. The Balaban J connectivity index is 2.14. The molecule has 0 radical (unpaired) electrons. The van der Waals surface area contributed by atoms with Gasteiger partial charge in [0.15, 0.2) is 0 Å². The van der Waals surface area contributed by atoms with Crippen molar-refractivity contribution in [3.63, 3.8) is 0 Å². The SMILES string of the molecule is COc1c(C)cc(-c2nnc(CCCC(C)C)s2)cc1C. The molecule has 0 N–H and O–H groups in total. The van der Waals surface area contributed by atoms with E-state index < -0.39 is 0 Å². The van der Waals surface area contributed by atoms with Crippen molar-refractivity contribution in [3.05, 3.63) is 28.3 Å². The number of hydrogen-bond acceptors (Lipinski definition) is 4. The van der Waals surface area contributed by atoms with Gasteiger partial charge in [-0.15, -0.1) is 10.2 Å². The Morgan fingerprint density at radius 2 is 1.81 bits per heavy atom. The molecule has 1 aromatic heterocycles. The summed E-state index contributed by atoms with van der Waals surface area (Å²) in [5.74, 6) is 1.71. The number of ether oxygens (including phenoxy) is 1. The Hall–Kier alpha value is -1.42. The number of hydrogen-bond donors (Lipinski definition) is 0. The number of rotatable bonds is 6. The average Bonchev–Trinajstić information content (AvgIpc) is 2.86. The van der Waals surface area contributed by atoms with Gasteiger partial charge in [0, 0.05) is 12.0 Å². The molecule has 4 heteroatoms. The zero-order chi connectivity index (χ0) is 15.4. The molecule has 0 saturated carbocycles. The lowest BCUT2D eigenvalue weighted by atomic mass is 10.1. The van der Waals surface area contributed by atoms with Crippen molar-refractivity contribution < 1.29 is 4.74 Å². The minimum Gasteiger partial charge on any atom is -0.496 e. The zero-order valence-corrected chi connectivity index (χ0v) is 14.4. The summed E-state index contributed by atoms with van der Waals surface area (Å²) < 4.78 is 5.41. The van der Waals surface area contributed by atoms with E-state index in [1.165, 1.54) is 12.8 Å². The van der Waals surface area contributed by atoms with E-state index in [0.29, 0.717) is 0 Å². The summed E-state index contributed by atoms with van der Waals surface area (Å²) in [6.07, 6.45) is 3.46. The van der Waals surface area contributed by atoms with Gasteiger partial charge in [-0.3, -0.25) is 0 Å². The summed E-state index contributed by atoms with van der Waals surface area (Å²) in [6, 6.07) is 4.26. The highest BCUT2D eigenvalue weighted by molar-refractivity contribution is 7.14. The Labute approximate surface area is 131 Å². The van der Waals surface area contributed by atoms with Crippen molar-refractivity contribution >= 4 is 11.3 Å². The molecule has 0 bridgehead atoms. The largest absolute Gasteiger partial charge is 0.496 e. The van der Waals surface area contributed by atoms with Crippen molar-refractivity contribution in [1.82, 2.24) is 10.2 Å². The lowest BCUT2D eigenvalue weighted by Gasteiger charge is -2.09. The van der Waals surface area contributed by atoms with Crippen LogP contribution in [0.1, 0.15) is 42.8 Å². The molecule has 0 aliphatic rings. The smallest absolute Gasteiger partial charge is 0.147 e. The minimum atomic E-state index is 0.754. The van der Waals surface area contributed by atoms with Gasteiger partial charge in [0.25, 0.3) is 0 Å². The number of nitrogens with zero attached hydrogens (tertiary/aromatic N) is 2. The Bertz CT molecular complexity index is 582. The third kappa shape index (κ3) is 4.03. The zero-order valence-electron chi connectivity index (χ0n) is 13.6. The molecule has 1 heterocycles. The second-order valence-electron chi connectivity index (χ2n) is 5.93. The van der Waals surface area contributed by atoms with Crippen LogP contribution < -0.4 is 4.74 Å². The molecule has 2 aromatic rings. The van der Waals surface area contributed by atoms with Crippen molar-refractivity contribution in [1.29, 1.82) is 0 Å². The van der Waals surface area contributed by atoms with Crippen LogP contribution in [0.15, 0.2) is 12.1 Å². The van der Waals surface area contributed by atoms with Gasteiger partial charge >= 0.3 is 0 Å². The van der Waals surface area contributed by atoms with Crippen molar-refractivity contribution in [2.45, 2.75) is 47.0 Å². The first-order valence-electron chi connectivity index (χ1n) is 7.49. The highest BCUT2D eigenvalue weighted by atomic mass is 32.1. The molecule has 0 atom stereocenters. The van der Waals surface area contributed by atoms with Gasteiger partial charge in [0.05, 0.1) is 7.11 Å². The quantitative estimate of drug-likeness (QED) is 0.768. The molecule has 0 aliphatic heterocycles. The number of methoxy groups -OCH3 is 1. The first kappa shape index (κ1) is 16.0. The molecule has 0 saturated heterocycles. The van der Waals surface area contributed by atoms with E-state index in [0.717, 1.165) is 44.8 Å². The average molecular weight is 304 g/mol. The van der Waals surface area contributed by atoms with E-state index in [1.54, 1.807) is 18.4 Å². The first-order chi connectivity index (χ1) is 10.0.